The van der Waals surface area contributed by atoms with Gasteiger partial charge in [-0.05, 0) is 0 Å². The van der Waals surface area contributed by atoms with Crippen molar-refractivity contribution in [1.29, 1.82) is 0 Å². The van der Waals surface area contributed by atoms with E-state index in [2.05, 4.69) is 0 Å². The molecule has 0 unspecified atom stereocenters. The molecule has 5 heteroatoms. The van der Waals surface area contributed by atoms with Gasteiger partial charge in [0.25, 0.3) is 0 Å². The van der Waals surface area contributed by atoms with Crippen LogP contribution in [-0.2, 0) is 18.9 Å². The molecule has 0 aliphatic rings. The van der Waals surface area contributed by atoms with Crippen molar-refractivity contribution < 1.29 is 24.1 Å². The summed E-state index contributed by atoms with van der Waals surface area (Å²) in [5, 5.41) is 9.53. The molecule has 0 saturated carbocycles. The molecule has 1 N–H and O–H groups in total. The Hall–Kier alpha value is -0.200. The van der Waals surface area contributed by atoms with Crippen molar-refractivity contribution in [2.24, 2.45) is 0 Å². The molecule has 0 bridgehead atoms. The molecule has 0 aromatic carbocycles. The van der Waals surface area contributed by atoms with Crippen molar-refractivity contribution in [2.45, 2.75) is 18.5 Å². The Labute approximate surface area is 78.5 Å². The largest absolute Gasteiger partial charge is 0.388 e. The summed E-state index contributed by atoms with van der Waals surface area (Å²) in [6.45, 7) is 0.182. The molecule has 0 aliphatic carbocycles. The summed E-state index contributed by atoms with van der Waals surface area (Å²) in [5.74, 6) is 0. The van der Waals surface area contributed by atoms with E-state index in [0.29, 0.717) is 0 Å². The first-order chi connectivity index (χ1) is 6.21. The van der Waals surface area contributed by atoms with Gasteiger partial charge in [-0.25, -0.2) is 0 Å². The van der Waals surface area contributed by atoms with E-state index in [1.165, 1.54) is 28.4 Å². The van der Waals surface area contributed by atoms with Crippen LogP contribution >= 0.6 is 0 Å². The molecule has 0 rings (SSSR count). The highest BCUT2D eigenvalue weighted by molar-refractivity contribution is 4.71. The third-order valence-corrected chi connectivity index (χ3v) is 1.72. The van der Waals surface area contributed by atoms with Gasteiger partial charge in [0.1, 0.15) is 12.2 Å². The van der Waals surface area contributed by atoms with Crippen LogP contribution < -0.4 is 0 Å². The fourth-order valence-corrected chi connectivity index (χ4v) is 1.08. The lowest BCUT2D eigenvalue weighted by molar-refractivity contribution is -0.205. The maximum absolute atomic E-state index is 9.53. The Kier molecular flexibility index (Phi) is 7.12. The second-order valence-electron chi connectivity index (χ2n) is 2.56. The topological polar surface area (TPSA) is 57.2 Å². The number of aliphatic hydroxyl groups excluding tert-OH is 1. The molecule has 5 nitrogen and oxygen atoms in total. The molecule has 0 amide bonds. The lowest BCUT2D eigenvalue weighted by Crippen LogP contribution is -2.43. The summed E-state index contributed by atoms with van der Waals surface area (Å²) in [5.41, 5.74) is 0. The zero-order valence-electron chi connectivity index (χ0n) is 8.52. The van der Waals surface area contributed by atoms with Crippen molar-refractivity contribution in [3.05, 3.63) is 0 Å². The third-order valence-electron chi connectivity index (χ3n) is 1.72. The van der Waals surface area contributed by atoms with Crippen LogP contribution in [0.4, 0.5) is 0 Å². The molecule has 13 heavy (non-hydrogen) atoms. The standard InChI is InChI=1S/C8H18O5/c1-10-5-6(9)7(11-2)8(12-3)13-4/h6-9H,5H2,1-4H3/t6-,7-/m1/s1. The number of methoxy groups -OCH3 is 4. The van der Waals surface area contributed by atoms with E-state index < -0.39 is 18.5 Å². The predicted octanol–water partition coefficient (Wildman–Crippen LogP) is -0.372. The van der Waals surface area contributed by atoms with Gasteiger partial charge in [-0.1, -0.05) is 0 Å². The minimum absolute atomic E-state index is 0.182. The van der Waals surface area contributed by atoms with Gasteiger partial charge in [-0.3, -0.25) is 0 Å². The maximum Gasteiger partial charge on any atom is 0.185 e. The molecular formula is C8H18O5. The van der Waals surface area contributed by atoms with E-state index in [0.717, 1.165) is 0 Å². The maximum atomic E-state index is 9.53. The van der Waals surface area contributed by atoms with E-state index >= 15 is 0 Å². The number of rotatable bonds is 7. The van der Waals surface area contributed by atoms with Crippen LogP contribution in [0.15, 0.2) is 0 Å². The van der Waals surface area contributed by atoms with Gasteiger partial charge >= 0.3 is 0 Å². The average Bonchev–Trinajstić information content (AvgIpc) is 2.14. The van der Waals surface area contributed by atoms with Gasteiger partial charge < -0.3 is 24.1 Å². The summed E-state index contributed by atoms with van der Waals surface area (Å²) in [7, 11) is 5.96. The Morgan fingerprint density at radius 1 is 1.00 bits per heavy atom. The van der Waals surface area contributed by atoms with Gasteiger partial charge in [-0.15, -0.1) is 0 Å². The number of hydrogen-bond acceptors (Lipinski definition) is 5. The average molecular weight is 194 g/mol. The normalized spacial score (nSPS) is 16.2. The summed E-state index contributed by atoms with van der Waals surface area (Å²) in [6.07, 6.45) is -1.90. The molecule has 0 fully saturated rings. The zero-order chi connectivity index (χ0) is 10.3. The molecule has 80 valence electrons. The van der Waals surface area contributed by atoms with Crippen LogP contribution in [0.1, 0.15) is 0 Å². The van der Waals surface area contributed by atoms with E-state index in [4.69, 9.17) is 18.9 Å². The van der Waals surface area contributed by atoms with E-state index in [1.54, 1.807) is 0 Å². The smallest absolute Gasteiger partial charge is 0.185 e. The first kappa shape index (κ1) is 12.8. The van der Waals surface area contributed by atoms with Crippen molar-refractivity contribution >= 4 is 0 Å². The second-order valence-corrected chi connectivity index (χ2v) is 2.56. The van der Waals surface area contributed by atoms with Crippen LogP contribution in [0.25, 0.3) is 0 Å². The molecule has 0 aromatic rings. The first-order valence-electron chi connectivity index (χ1n) is 3.96. The van der Waals surface area contributed by atoms with Crippen LogP contribution in [0.5, 0.6) is 0 Å². The van der Waals surface area contributed by atoms with Crippen LogP contribution in [0, 0.1) is 0 Å². The van der Waals surface area contributed by atoms with Crippen LogP contribution in [-0.4, -0.2) is 58.7 Å². The van der Waals surface area contributed by atoms with E-state index in [1.807, 2.05) is 0 Å². The van der Waals surface area contributed by atoms with Crippen LogP contribution in [0.3, 0.4) is 0 Å². The monoisotopic (exact) mass is 194 g/mol. The Morgan fingerprint density at radius 2 is 1.54 bits per heavy atom. The third kappa shape index (κ3) is 4.02. The van der Waals surface area contributed by atoms with Gasteiger partial charge in [-0.2, -0.15) is 0 Å². The minimum Gasteiger partial charge on any atom is -0.388 e. The summed E-state index contributed by atoms with van der Waals surface area (Å²) in [6, 6.07) is 0. The SMILES string of the molecule is COC[C@@H](O)[C@@H](OC)C(OC)OC. The molecule has 0 saturated heterocycles. The highest BCUT2D eigenvalue weighted by Crippen LogP contribution is 2.08. The van der Waals surface area contributed by atoms with Gasteiger partial charge in [0.2, 0.25) is 0 Å². The van der Waals surface area contributed by atoms with Crippen molar-refractivity contribution in [2.75, 3.05) is 35.0 Å². The second kappa shape index (κ2) is 7.23. The summed E-state index contributed by atoms with van der Waals surface area (Å²) in [4.78, 5) is 0. The zero-order valence-corrected chi connectivity index (χ0v) is 8.52. The van der Waals surface area contributed by atoms with Gasteiger partial charge in [0, 0.05) is 28.4 Å². The Bertz CT molecular complexity index is 115. The van der Waals surface area contributed by atoms with Crippen LogP contribution in [0.2, 0.25) is 0 Å². The lowest BCUT2D eigenvalue weighted by atomic mass is 10.2. The van der Waals surface area contributed by atoms with Crippen molar-refractivity contribution in [1.82, 2.24) is 0 Å². The van der Waals surface area contributed by atoms with E-state index in [9.17, 15) is 5.11 Å². The summed E-state index contributed by atoms with van der Waals surface area (Å²) >= 11 is 0. The molecular weight excluding hydrogens is 176 g/mol. The highest BCUT2D eigenvalue weighted by Gasteiger charge is 2.28. The molecule has 2 atom stereocenters. The number of aliphatic hydroxyl groups is 1. The molecule has 0 heterocycles. The molecule has 0 aromatic heterocycles. The van der Waals surface area contributed by atoms with Gasteiger partial charge in [0.15, 0.2) is 6.29 Å². The number of ether oxygens (including phenoxy) is 4. The van der Waals surface area contributed by atoms with Gasteiger partial charge in [0.05, 0.1) is 6.61 Å². The highest BCUT2D eigenvalue weighted by atomic mass is 16.7. The minimum atomic E-state index is -0.764. The Morgan fingerprint density at radius 3 is 1.85 bits per heavy atom. The summed E-state index contributed by atoms with van der Waals surface area (Å²) < 4.78 is 19.7. The quantitative estimate of drug-likeness (QED) is 0.560. The number of hydrogen-bond donors (Lipinski definition) is 1. The first-order valence-corrected chi connectivity index (χ1v) is 3.96. The fourth-order valence-electron chi connectivity index (χ4n) is 1.08. The Balaban J connectivity index is 4.11. The van der Waals surface area contributed by atoms with Crippen molar-refractivity contribution in [3.63, 3.8) is 0 Å². The molecule has 0 aliphatic heterocycles. The lowest BCUT2D eigenvalue weighted by Gasteiger charge is -2.27. The van der Waals surface area contributed by atoms with Crippen molar-refractivity contribution in [3.8, 4) is 0 Å². The molecule has 0 spiro atoms. The molecule has 0 radical (unpaired) electrons. The van der Waals surface area contributed by atoms with E-state index in [-0.39, 0.29) is 6.61 Å². The fraction of sp³-hybridized carbons (Fsp3) is 1.00. The predicted molar refractivity (Wildman–Crippen MR) is 46.5 cm³/mol.